The van der Waals surface area contributed by atoms with Gasteiger partial charge in [-0.1, -0.05) is 34.1 Å². The molecule has 1 rings (SSSR count). The van der Waals surface area contributed by atoms with E-state index in [1.807, 2.05) is 0 Å². The molecule has 2 unspecified atom stereocenters. The first-order chi connectivity index (χ1) is 8.36. The zero-order valence-corrected chi connectivity index (χ0v) is 13.4. The van der Waals surface area contributed by atoms with E-state index in [9.17, 15) is 0 Å². The minimum atomic E-state index is 0.320. The van der Waals surface area contributed by atoms with E-state index in [4.69, 9.17) is 0 Å². The van der Waals surface area contributed by atoms with Crippen molar-refractivity contribution < 1.29 is 0 Å². The van der Waals surface area contributed by atoms with E-state index in [0.717, 1.165) is 18.4 Å². The largest absolute Gasteiger partial charge is 0.311 e. The van der Waals surface area contributed by atoms with Crippen molar-refractivity contribution in [3.63, 3.8) is 0 Å². The van der Waals surface area contributed by atoms with Crippen molar-refractivity contribution in [3.8, 4) is 0 Å². The first-order valence-corrected chi connectivity index (χ1v) is 7.85. The molecule has 0 bridgehead atoms. The monoisotopic (exact) mass is 254 g/mol. The molecule has 0 aliphatic carbocycles. The van der Waals surface area contributed by atoms with Crippen molar-refractivity contribution in [3.05, 3.63) is 0 Å². The molecule has 0 saturated carbocycles. The zero-order chi connectivity index (χ0) is 13.8. The summed E-state index contributed by atoms with van der Waals surface area (Å²) in [6.45, 7) is 17.7. The summed E-state index contributed by atoms with van der Waals surface area (Å²) in [6, 6.07) is 0.682. The lowest BCUT2D eigenvalue weighted by atomic mass is 9.90. The third-order valence-corrected chi connectivity index (χ3v) is 4.61. The summed E-state index contributed by atoms with van der Waals surface area (Å²) in [5.41, 5.74) is 0.320. The maximum Gasteiger partial charge on any atom is 0.0278 e. The average Bonchev–Trinajstić information content (AvgIpc) is 2.29. The molecule has 1 N–H and O–H groups in total. The Hall–Kier alpha value is -0.0800. The van der Waals surface area contributed by atoms with Crippen LogP contribution < -0.4 is 5.32 Å². The fourth-order valence-corrected chi connectivity index (χ4v) is 2.79. The number of piperazine rings is 1. The maximum atomic E-state index is 3.75. The summed E-state index contributed by atoms with van der Waals surface area (Å²) in [5, 5.41) is 3.75. The zero-order valence-electron chi connectivity index (χ0n) is 13.4. The fraction of sp³-hybridized carbons (Fsp3) is 1.00. The van der Waals surface area contributed by atoms with Gasteiger partial charge in [0, 0.05) is 24.7 Å². The summed E-state index contributed by atoms with van der Waals surface area (Å²) in [4.78, 5) is 2.71. The standard InChI is InChI=1S/C16H34N2/c1-7-14(4)15-11-18(10-8-9-13(2)3)16(5,6)12-17-15/h13-15,17H,7-12H2,1-6H3. The molecule has 2 atom stereocenters. The number of nitrogens with zero attached hydrogens (tertiary/aromatic N) is 1. The molecular weight excluding hydrogens is 220 g/mol. The summed E-state index contributed by atoms with van der Waals surface area (Å²) in [6.07, 6.45) is 3.97. The van der Waals surface area contributed by atoms with Crippen LogP contribution in [0.4, 0.5) is 0 Å². The normalized spacial score (nSPS) is 26.5. The minimum Gasteiger partial charge on any atom is -0.311 e. The summed E-state index contributed by atoms with van der Waals surface area (Å²) >= 11 is 0. The molecule has 0 aromatic heterocycles. The van der Waals surface area contributed by atoms with Gasteiger partial charge in [-0.05, 0) is 45.1 Å². The number of hydrogen-bond acceptors (Lipinski definition) is 2. The predicted molar refractivity (Wildman–Crippen MR) is 81.0 cm³/mol. The molecule has 18 heavy (non-hydrogen) atoms. The van der Waals surface area contributed by atoms with E-state index in [1.54, 1.807) is 0 Å². The average molecular weight is 254 g/mol. The van der Waals surface area contributed by atoms with E-state index >= 15 is 0 Å². The second-order valence-electron chi connectivity index (χ2n) is 7.17. The van der Waals surface area contributed by atoms with Crippen LogP contribution in [-0.4, -0.2) is 36.1 Å². The molecule has 1 saturated heterocycles. The van der Waals surface area contributed by atoms with Crippen LogP contribution in [0.2, 0.25) is 0 Å². The van der Waals surface area contributed by atoms with Gasteiger partial charge in [-0.3, -0.25) is 4.90 Å². The molecule has 1 fully saturated rings. The van der Waals surface area contributed by atoms with Crippen molar-refractivity contribution >= 4 is 0 Å². The van der Waals surface area contributed by atoms with E-state index in [0.29, 0.717) is 11.6 Å². The van der Waals surface area contributed by atoms with E-state index in [1.165, 1.54) is 32.4 Å². The van der Waals surface area contributed by atoms with Gasteiger partial charge in [-0.15, -0.1) is 0 Å². The molecule has 0 aromatic carbocycles. The molecule has 2 nitrogen and oxygen atoms in total. The Morgan fingerprint density at radius 3 is 2.50 bits per heavy atom. The predicted octanol–water partition coefficient (Wildman–Crippen LogP) is 3.52. The van der Waals surface area contributed by atoms with Gasteiger partial charge in [0.1, 0.15) is 0 Å². The van der Waals surface area contributed by atoms with E-state index in [2.05, 4.69) is 51.8 Å². The molecule has 108 valence electrons. The Morgan fingerprint density at radius 1 is 1.28 bits per heavy atom. The molecule has 1 heterocycles. The SMILES string of the molecule is CCC(C)C1CN(CCCC(C)C)C(C)(C)CN1. The highest BCUT2D eigenvalue weighted by Crippen LogP contribution is 2.23. The van der Waals surface area contributed by atoms with Crippen LogP contribution in [0.1, 0.15) is 60.8 Å². The van der Waals surface area contributed by atoms with Crippen LogP contribution >= 0.6 is 0 Å². The van der Waals surface area contributed by atoms with Crippen LogP contribution in [-0.2, 0) is 0 Å². The van der Waals surface area contributed by atoms with Crippen LogP contribution in [0.3, 0.4) is 0 Å². The third kappa shape index (κ3) is 4.55. The molecule has 2 heteroatoms. The molecule has 0 radical (unpaired) electrons. The first kappa shape index (κ1) is 16.0. The highest BCUT2D eigenvalue weighted by molar-refractivity contribution is 4.94. The molecule has 1 aliphatic rings. The molecule has 0 spiro atoms. The quantitative estimate of drug-likeness (QED) is 0.780. The smallest absolute Gasteiger partial charge is 0.0278 e. The van der Waals surface area contributed by atoms with Gasteiger partial charge in [-0.2, -0.15) is 0 Å². The highest BCUT2D eigenvalue weighted by Gasteiger charge is 2.34. The van der Waals surface area contributed by atoms with Gasteiger partial charge >= 0.3 is 0 Å². The first-order valence-electron chi connectivity index (χ1n) is 7.85. The van der Waals surface area contributed by atoms with Crippen LogP contribution in [0.5, 0.6) is 0 Å². The Labute approximate surface area is 115 Å². The van der Waals surface area contributed by atoms with Crippen molar-refractivity contribution in [2.45, 2.75) is 72.4 Å². The van der Waals surface area contributed by atoms with Crippen molar-refractivity contribution in [2.75, 3.05) is 19.6 Å². The molecular formula is C16H34N2. The molecule has 0 aromatic rings. The fourth-order valence-electron chi connectivity index (χ4n) is 2.79. The van der Waals surface area contributed by atoms with Crippen LogP contribution in [0.25, 0.3) is 0 Å². The Bertz CT molecular complexity index is 235. The van der Waals surface area contributed by atoms with Crippen molar-refractivity contribution in [2.24, 2.45) is 11.8 Å². The summed E-state index contributed by atoms with van der Waals surface area (Å²) in [5.74, 6) is 1.62. The lowest BCUT2D eigenvalue weighted by molar-refractivity contribution is 0.0497. The second-order valence-corrected chi connectivity index (χ2v) is 7.17. The van der Waals surface area contributed by atoms with Gasteiger partial charge in [-0.25, -0.2) is 0 Å². The van der Waals surface area contributed by atoms with Crippen molar-refractivity contribution in [1.29, 1.82) is 0 Å². The van der Waals surface area contributed by atoms with Gasteiger partial charge in [0.15, 0.2) is 0 Å². The summed E-state index contributed by atoms with van der Waals surface area (Å²) in [7, 11) is 0. The Kier molecular flexibility index (Phi) is 6.13. The highest BCUT2D eigenvalue weighted by atomic mass is 15.3. The van der Waals surface area contributed by atoms with Crippen LogP contribution in [0.15, 0.2) is 0 Å². The number of nitrogens with one attached hydrogen (secondary N) is 1. The number of rotatable bonds is 6. The molecule has 0 amide bonds. The second kappa shape index (κ2) is 6.91. The maximum absolute atomic E-state index is 3.75. The van der Waals surface area contributed by atoms with Crippen LogP contribution in [0, 0.1) is 11.8 Å². The summed E-state index contributed by atoms with van der Waals surface area (Å²) < 4.78 is 0. The Balaban J connectivity index is 2.49. The molecule has 1 aliphatic heterocycles. The minimum absolute atomic E-state index is 0.320. The lowest BCUT2D eigenvalue weighted by Crippen LogP contribution is -2.63. The lowest BCUT2D eigenvalue weighted by Gasteiger charge is -2.47. The number of hydrogen-bond donors (Lipinski definition) is 1. The van der Waals surface area contributed by atoms with Gasteiger partial charge in [0.25, 0.3) is 0 Å². The third-order valence-electron chi connectivity index (χ3n) is 4.61. The van der Waals surface area contributed by atoms with Crippen molar-refractivity contribution in [1.82, 2.24) is 10.2 Å². The topological polar surface area (TPSA) is 15.3 Å². The van der Waals surface area contributed by atoms with E-state index < -0.39 is 0 Å². The van der Waals surface area contributed by atoms with E-state index in [-0.39, 0.29) is 0 Å². The van der Waals surface area contributed by atoms with Gasteiger partial charge in [0.05, 0.1) is 0 Å². The van der Waals surface area contributed by atoms with Gasteiger partial charge < -0.3 is 5.32 Å². The van der Waals surface area contributed by atoms with Gasteiger partial charge in [0.2, 0.25) is 0 Å². The Morgan fingerprint density at radius 2 is 1.94 bits per heavy atom.